The lowest BCUT2D eigenvalue weighted by atomic mass is 10.0. The van der Waals surface area contributed by atoms with Crippen molar-refractivity contribution in [1.82, 2.24) is 20.2 Å². The van der Waals surface area contributed by atoms with Crippen LogP contribution in [0.25, 0.3) is 0 Å². The van der Waals surface area contributed by atoms with Crippen molar-refractivity contribution in [3.05, 3.63) is 38.3 Å². The van der Waals surface area contributed by atoms with Gasteiger partial charge in [-0.3, -0.25) is 14.5 Å². The number of rotatable bonds is 8. The molecule has 168 valence electrons. The number of nitrogens with zero attached hydrogens (tertiary/aromatic N) is 4. The third kappa shape index (κ3) is 4.32. The summed E-state index contributed by atoms with van der Waals surface area (Å²) in [6.07, 6.45) is 0.690. The van der Waals surface area contributed by atoms with E-state index in [1.165, 1.54) is 45.1 Å². The number of hydrogen-bond acceptors (Lipinski definition) is 12. The molecular weight excluding hydrogens is 496 g/mol. The summed E-state index contributed by atoms with van der Waals surface area (Å²) in [5, 5.41) is 27.5. The number of aliphatic carboxylic acids is 1. The van der Waals surface area contributed by atoms with Gasteiger partial charge in [0.2, 0.25) is 0 Å². The van der Waals surface area contributed by atoms with Crippen molar-refractivity contribution in [3.8, 4) is 0 Å². The highest BCUT2D eigenvalue weighted by molar-refractivity contribution is 8.06. The molecule has 0 bridgehead atoms. The molecule has 0 saturated carbocycles. The van der Waals surface area contributed by atoms with Crippen LogP contribution in [0.4, 0.5) is 5.13 Å². The Morgan fingerprint density at radius 2 is 2.22 bits per heavy atom. The van der Waals surface area contributed by atoms with Crippen molar-refractivity contribution in [1.29, 1.82) is 0 Å². The Kier molecular flexibility index (Phi) is 6.68. The second-order valence-electron chi connectivity index (χ2n) is 6.54. The quantitative estimate of drug-likeness (QED) is 0.173. The molecule has 0 spiro atoms. The van der Waals surface area contributed by atoms with Crippen LogP contribution in [0.15, 0.2) is 32.0 Å². The van der Waals surface area contributed by atoms with Gasteiger partial charge in [-0.05, 0) is 6.42 Å². The third-order valence-electron chi connectivity index (χ3n) is 4.62. The molecular formula is C17H16N6O5S4. The van der Waals surface area contributed by atoms with Crippen LogP contribution in [-0.2, 0) is 20.8 Å². The monoisotopic (exact) mass is 512 g/mol. The maximum Gasteiger partial charge on any atom is 0.353 e. The Labute approximate surface area is 197 Å². The summed E-state index contributed by atoms with van der Waals surface area (Å²) in [6, 6.07) is -0.948. The molecule has 11 nitrogen and oxygen atoms in total. The van der Waals surface area contributed by atoms with E-state index < -0.39 is 29.2 Å². The van der Waals surface area contributed by atoms with Crippen LogP contribution >= 0.6 is 46.2 Å². The molecule has 32 heavy (non-hydrogen) atoms. The van der Waals surface area contributed by atoms with Crippen LogP contribution in [-0.4, -0.2) is 71.6 Å². The van der Waals surface area contributed by atoms with Crippen molar-refractivity contribution >= 4 is 74.8 Å². The first kappa shape index (κ1) is 22.6. The first-order valence-electron chi connectivity index (χ1n) is 9.06. The molecule has 2 aromatic rings. The topological polar surface area (TPSA) is 171 Å². The van der Waals surface area contributed by atoms with Crippen LogP contribution < -0.4 is 11.1 Å². The largest absolute Gasteiger partial charge is 0.477 e. The van der Waals surface area contributed by atoms with Crippen molar-refractivity contribution in [3.63, 3.8) is 0 Å². The number of thioether (sulfide) groups is 2. The van der Waals surface area contributed by atoms with Gasteiger partial charge in [-0.25, -0.2) is 14.8 Å². The Balaban J connectivity index is 1.44. The van der Waals surface area contributed by atoms with E-state index in [1.54, 1.807) is 5.51 Å². The predicted molar refractivity (Wildman–Crippen MR) is 123 cm³/mol. The van der Waals surface area contributed by atoms with Crippen LogP contribution in [0.5, 0.6) is 0 Å². The van der Waals surface area contributed by atoms with Gasteiger partial charge >= 0.3 is 5.97 Å². The lowest BCUT2D eigenvalue weighted by molar-refractivity contribution is -0.150. The van der Waals surface area contributed by atoms with Gasteiger partial charge in [0.05, 0.1) is 11.2 Å². The molecule has 2 aliphatic heterocycles. The fourth-order valence-electron chi connectivity index (χ4n) is 3.16. The molecule has 2 aromatic heterocycles. The molecule has 2 atom stereocenters. The zero-order valence-electron chi connectivity index (χ0n) is 16.1. The van der Waals surface area contributed by atoms with E-state index >= 15 is 0 Å². The summed E-state index contributed by atoms with van der Waals surface area (Å²) < 4.78 is 0. The van der Waals surface area contributed by atoms with Gasteiger partial charge in [0.1, 0.15) is 22.8 Å². The summed E-state index contributed by atoms with van der Waals surface area (Å²) >= 11 is 5.32. The molecule has 0 radical (unpaired) electrons. The number of nitrogen functional groups attached to an aromatic ring is 1. The lowest BCUT2D eigenvalue weighted by Gasteiger charge is -2.49. The van der Waals surface area contributed by atoms with Gasteiger partial charge in [0.25, 0.3) is 11.8 Å². The maximum atomic E-state index is 12.8. The standard InChI is InChI=1S/C17H16N6O5S4/c18-17-20-8(4-32-17)10(22-28)13(24)21-11-14(25)23-12(16(26)27)9(5-31-15(11)23)30-2-1-7-3-29-6-19-7/h3-4,6,11,15,28H,1-2,5H2,(H2,18,20)(H,21,24)(H,26,27)/b22-10-/t11-,15-/m1/s1. The molecule has 15 heteroatoms. The number of carbonyl (C=O) groups is 3. The number of β-lactam (4-membered cyclic amide) rings is 1. The normalized spacial score (nSPS) is 20.7. The Morgan fingerprint density at radius 3 is 2.84 bits per heavy atom. The van der Waals surface area contributed by atoms with E-state index in [-0.39, 0.29) is 22.2 Å². The van der Waals surface area contributed by atoms with Crippen LogP contribution in [0.1, 0.15) is 11.4 Å². The van der Waals surface area contributed by atoms with Crippen molar-refractivity contribution in [2.45, 2.75) is 17.8 Å². The number of carboxylic acids is 1. The molecule has 4 rings (SSSR count). The number of amides is 2. The van der Waals surface area contributed by atoms with Gasteiger partial charge in [0, 0.05) is 27.2 Å². The molecule has 0 aliphatic carbocycles. The smallest absolute Gasteiger partial charge is 0.353 e. The number of nitrogens with two attached hydrogens (primary N) is 1. The zero-order chi connectivity index (χ0) is 22.8. The Bertz CT molecular complexity index is 1110. The zero-order valence-corrected chi connectivity index (χ0v) is 19.4. The number of anilines is 1. The van der Waals surface area contributed by atoms with Gasteiger partial charge < -0.3 is 21.4 Å². The van der Waals surface area contributed by atoms with Gasteiger partial charge in [0.15, 0.2) is 10.8 Å². The number of hydrogen-bond donors (Lipinski definition) is 4. The van der Waals surface area contributed by atoms with Crippen LogP contribution in [0.2, 0.25) is 0 Å². The average Bonchev–Trinajstić information content (AvgIpc) is 3.44. The van der Waals surface area contributed by atoms with Crippen molar-refractivity contribution in [2.75, 3.05) is 17.2 Å². The third-order valence-corrected chi connectivity index (χ3v) is 8.49. The summed E-state index contributed by atoms with van der Waals surface area (Å²) in [7, 11) is 0. The maximum absolute atomic E-state index is 12.8. The van der Waals surface area contributed by atoms with E-state index in [0.717, 1.165) is 17.0 Å². The molecule has 0 aromatic carbocycles. The first-order valence-corrected chi connectivity index (χ1v) is 12.9. The number of oxime groups is 1. The summed E-state index contributed by atoms with van der Waals surface area (Å²) in [4.78, 5) is 47.1. The molecule has 4 heterocycles. The van der Waals surface area contributed by atoms with E-state index in [2.05, 4.69) is 20.4 Å². The number of aromatic nitrogens is 2. The van der Waals surface area contributed by atoms with Gasteiger partial charge in [-0.1, -0.05) is 5.16 Å². The number of aryl methyl sites for hydroxylation is 1. The molecule has 0 unspecified atom stereocenters. The highest BCUT2D eigenvalue weighted by Crippen LogP contribution is 2.43. The van der Waals surface area contributed by atoms with Crippen LogP contribution in [0.3, 0.4) is 0 Å². The van der Waals surface area contributed by atoms with Crippen LogP contribution in [0, 0.1) is 0 Å². The number of fused-ring (bicyclic) bond motifs is 1. The van der Waals surface area contributed by atoms with E-state index in [4.69, 9.17) is 5.73 Å². The SMILES string of the molecule is Nc1nc(/C(=N/O)C(=O)N[C@@H]2C(=O)N3C(C(=O)O)=C(SCCc4cscn4)CS[C@H]23)cs1. The van der Waals surface area contributed by atoms with Gasteiger partial charge in [-0.2, -0.15) is 0 Å². The summed E-state index contributed by atoms with van der Waals surface area (Å²) in [5.74, 6) is -1.51. The van der Waals surface area contributed by atoms with Gasteiger partial charge in [-0.15, -0.1) is 46.2 Å². The average molecular weight is 513 g/mol. The second kappa shape index (κ2) is 9.48. The minimum atomic E-state index is -1.19. The number of thiazole rings is 2. The fraction of sp³-hybridized carbons (Fsp3) is 0.294. The second-order valence-corrected chi connectivity index (χ2v) is 10.4. The fourth-order valence-corrected chi connectivity index (χ4v) is 6.91. The molecule has 1 fully saturated rings. The Hall–Kier alpha value is -2.62. The van der Waals surface area contributed by atoms with E-state index in [9.17, 15) is 24.7 Å². The molecule has 2 aliphatic rings. The van der Waals surface area contributed by atoms with Crippen molar-refractivity contribution < 1.29 is 24.7 Å². The number of carboxylic acid groups (broad SMARTS) is 1. The summed E-state index contributed by atoms with van der Waals surface area (Å²) in [6.45, 7) is 0. The highest BCUT2D eigenvalue weighted by atomic mass is 32.2. The Morgan fingerprint density at radius 1 is 1.41 bits per heavy atom. The number of carbonyl (C=O) groups excluding carboxylic acids is 2. The highest BCUT2D eigenvalue weighted by Gasteiger charge is 2.54. The van der Waals surface area contributed by atoms with Crippen molar-refractivity contribution in [2.24, 2.45) is 5.16 Å². The summed E-state index contributed by atoms with van der Waals surface area (Å²) in [5.41, 5.74) is 7.87. The molecule has 1 saturated heterocycles. The number of nitrogens with one attached hydrogen (secondary N) is 1. The first-order chi connectivity index (χ1) is 15.4. The molecule has 2 amide bonds. The minimum Gasteiger partial charge on any atom is -0.477 e. The van der Waals surface area contributed by atoms with E-state index in [1.807, 2.05) is 5.38 Å². The van der Waals surface area contributed by atoms with E-state index in [0.29, 0.717) is 22.8 Å². The lowest BCUT2D eigenvalue weighted by Crippen LogP contribution is -2.71. The molecule has 5 N–H and O–H groups in total. The predicted octanol–water partition coefficient (Wildman–Crippen LogP) is 1.03. The minimum absolute atomic E-state index is 0.0594.